The lowest BCUT2D eigenvalue weighted by atomic mass is 10.1. The average molecular weight is 504 g/mol. The number of benzene rings is 3. The second-order valence-electron chi connectivity index (χ2n) is 7.53. The van der Waals surface area contributed by atoms with E-state index in [-0.39, 0.29) is 10.9 Å². The molecule has 2 aromatic heterocycles. The van der Waals surface area contributed by atoms with Crippen LogP contribution in [0.4, 0.5) is 5.69 Å². The van der Waals surface area contributed by atoms with Gasteiger partial charge in [-0.3, -0.25) is 10.1 Å². The van der Waals surface area contributed by atoms with Crippen molar-refractivity contribution in [2.45, 2.75) is 6.42 Å². The molecule has 168 valence electrons. The van der Waals surface area contributed by atoms with Gasteiger partial charge in [0, 0.05) is 22.7 Å². The molecule has 5 aromatic rings. The number of thiazole rings is 1. The first-order chi connectivity index (χ1) is 16.5. The van der Waals surface area contributed by atoms with Gasteiger partial charge in [-0.15, -0.1) is 11.3 Å². The molecule has 0 atom stereocenters. The highest BCUT2D eigenvalue weighted by Crippen LogP contribution is 2.25. The Hall–Kier alpha value is -3.52. The Kier molecular flexibility index (Phi) is 6.40. The van der Waals surface area contributed by atoms with Crippen molar-refractivity contribution in [2.24, 2.45) is 0 Å². The van der Waals surface area contributed by atoms with E-state index in [0.29, 0.717) is 10.8 Å². The molecule has 5 nitrogen and oxygen atoms in total. The number of carbonyl (C=O) groups is 1. The van der Waals surface area contributed by atoms with Crippen LogP contribution in [0.1, 0.15) is 21.1 Å². The SMILES string of the molecule is O=C(NC(=S)Nc1ccc(Cc2nc3ccccc3s2)cc1)c1ccc(-c2ccc(Cl)cc2)o1. The first-order valence-corrected chi connectivity index (χ1v) is 12.1. The van der Waals surface area contributed by atoms with Crippen LogP contribution in [0.3, 0.4) is 0 Å². The maximum absolute atomic E-state index is 12.5. The van der Waals surface area contributed by atoms with Gasteiger partial charge in [-0.1, -0.05) is 35.9 Å². The number of nitrogens with zero attached hydrogens (tertiary/aromatic N) is 1. The van der Waals surface area contributed by atoms with Crippen LogP contribution in [-0.2, 0) is 6.42 Å². The summed E-state index contributed by atoms with van der Waals surface area (Å²) < 4.78 is 6.86. The number of rotatable bonds is 5. The minimum absolute atomic E-state index is 0.167. The Morgan fingerprint density at radius 3 is 2.50 bits per heavy atom. The average Bonchev–Trinajstić information content (AvgIpc) is 3.48. The van der Waals surface area contributed by atoms with Crippen LogP contribution in [0, 0.1) is 0 Å². The van der Waals surface area contributed by atoms with Crippen molar-refractivity contribution in [3.8, 4) is 11.3 Å². The van der Waals surface area contributed by atoms with Gasteiger partial charge in [0.2, 0.25) is 0 Å². The van der Waals surface area contributed by atoms with Crippen molar-refractivity contribution < 1.29 is 9.21 Å². The summed E-state index contributed by atoms with van der Waals surface area (Å²) in [5.74, 6) is 0.315. The van der Waals surface area contributed by atoms with E-state index in [1.54, 1.807) is 35.6 Å². The topological polar surface area (TPSA) is 67.2 Å². The fourth-order valence-electron chi connectivity index (χ4n) is 3.43. The summed E-state index contributed by atoms with van der Waals surface area (Å²) in [4.78, 5) is 17.2. The summed E-state index contributed by atoms with van der Waals surface area (Å²) in [6.45, 7) is 0. The van der Waals surface area contributed by atoms with Gasteiger partial charge in [0.1, 0.15) is 5.76 Å². The number of nitrogens with one attached hydrogen (secondary N) is 2. The van der Waals surface area contributed by atoms with Crippen LogP contribution < -0.4 is 10.6 Å². The third-order valence-corrected chi connectivity index (χ3v) is 6.58. The normalized spacial score (nSPS) is 10.9. The molecule has 0 saturated carbocycles. The zero-order valence-electron chi connectivity index (χ0n) is 17.7. The molecule has 8 heteroatoms. The predicted molar refractivity (Wildman–Crippen MR) is 142 cm³/mol. The zero-order valence-corrected chi connectivity index (χ0v) is 20.1. The molecule has 0 bridgehead atoms. The molecular weight excluding hydrogens is 486 g/mol. The zero-order chi connectivity index (χ0) is 23.5. The highest BCUT2D eigenvalue weighted by molar-refractivity contribution is 7.80. The minimum Gasteiger partial charge on any atom is -0.451 e. The summed E-state index contributed by atoms with van der Waals surface area (Å²) in [5.41, 5.74) is 3.78. The molecule has 0 saturated heterocycles. The third-order valence-electron chi connectivity index (χ3n) is 5.09. The van der Waals surface area contributed by atoms with Crippen molar-refractivity contribution in [1.82, 2.24) is 10.3 Å². The van der Waals surface area contributed by atoms with E-state index < -0.39 is 5.91 Å². The molecule has 0 aliphatic carbocycles. The van der Waals surface area contributed by atoms with Crippen LogP contribution in [0.2, 0.25) is 5.02 Å². The highest BCUT2D eigenvalue weighted by atomic mass is 35.5. The van der Waals surface area contributed by atoms with E-state index in [1.807, 2.05) is 54.6 Å². The first kappa shape index (κ1) is 22.3. The van der Waals surface area contributed by atoms with Gasteiger partial charge in [-0.05, 0) is 78.4 Å². The molecule has 2 N–H and O–H groups in total. The molecule has 0 spiro atoms. The van der Waals surface area contributed by atoms with Gasteiger partial charge in [-0.25, -0.2) is 4.98 Å². The first-order valence-electron chi connectivity index (χ1n) is 10.4. The van der Waals surface area contributed by atoms with Crippen molar-refractivity contribution in [1.29, 1.82) is 0 Å². The van der Waals surface area contributed by atoms with Crippen LogP contribution in [0.5, 0.6) is 0 Å². The number of hydrogen-bond acceptors (Lipinski definition) is 5. The lowest BCUT2D eigenvalue weighted by Gasteiger charge is -2.09. The lowest BCUT2D eigenvalue weighted by Crippen LogP contribution is -2.33. The standard InChI is InChI=1S/C26H18ClN3O2S2/c27-18-9-7-17(8-10-18)21-13-14-22(32-21)25(31)30-26(33)28-19-11-5-16(6-12-19)15-24-29-20-3-1-2-4-23(20)34-24/h1-14H,15H2,(H2,28,30,31,33). The number of fused-ring (bicyclic) bond motifs is 1. The van der Waals surface area contributed by atoms with E-state index in [1.165, 1.54) is 4.70 Å². The van der Waals surface area contributed by atoms with Gasteiger partial charge in [0.15, 0.2) is 10.9 Å². The molecule has 0 fully saturated rings. The molecule has 0 radical (unpaired) electrons. The fraction of sp³-hybridized carbons (Fsp3) is 0.0385. The summed E-state index contributed by atoms with van der Waals surface area (Å²) in [5, 5.41) is 7.57. The smallest absolute Gasteiger partial charge is 0.293 e. The Bertz CT molecular complexity index is 1440. The second kappa shape index (κ2) is 9.77. The van der Waals surface area contributed by atoms with Crippen LogP contribution in [-0.4, -0.2) is 16.0 Å². The summed E-state index contributed by atoms with van der Waals surface area (Å²) in [7, 11) is 0. The van der Waals surface area contributed by atoms with Gasteiger partial charge >= 0.3 is 0 Å². The molecule has 0 aliphatic rings. The van der Waals surface area contributed by atoms with Crippen molar-refractivity contribution in [3.05, 3.63) is 106 Å². The largest absolute Gasteiger partial charge is 0.451 e. The van der Waals surface area contributed by atoms with Crippen LogP contribution in [0.25, 0.3) is 21.5 Å². The molecule has 34 heavy (non-hydrogen) atoms. The number of para-hydroxylation sites is 1. The number of amides is 1. The van der Waals surface area contributed by atoms with Gasteiger partial charge in [0.25, 0.3) is 5.91 Å². The van der Waals surface area contributed by atoms with Gasteiger partial charge in [0.05, 0.1) is 15.2 Å². The molecule has 5 rings (SSSR count). The Balaban J connectivity index is 1.17. The van der Waals surface area contributed by atoms with Crippen LogP contribution >= 0.6 is 35.2 Å². The Morgan fingerprint density at radius 1 is 0.971 bits per heavy atom. The summed E-state index contributed by atoms with van der Waals surface area (Å²) in [6, 6.07) is 26.6. The third kappa shape index (κ3) is 5.17. The number of halogens is 1. The van der Waals surface area contributed by atoms with E-state index in [2.05, 4.69) is 21.7 Å². The Labute approximate surface area is 210 Å². The van der Waals surface area contributed by atoms with Crippen molar-refractivity contribution in [2.75, 3.05) is 5.32 Å². The highest BCUT2D eigenvalue weighted by Gasteiger charge is 2.14. The van der Waals surface area contributed by atoms with Crippen molar-refractivity contribution >= 4 is 62.1 Å². The van der Waals surface area contributed by atoms with E-state index in [9.17, 15) is 4.79 Å². The van der Waals surface area contributed by atoms with Crippen molar-refractivity contribution in [3.63, 3.8) is 0 Å². The van der Waals surface area contributed by atoms with Crippen LogP contribution in [0.15, 0.2) is 89.3 Å². The number of aromatic nitrogens is 1. The molecule has 0 unspecified atom stereocenters. The molecule has 2 heterocycles. The van der Waals surface area contributed by atoms with Gasteiger partial charge < -0.3 is 9.73 Å². The fourth-order valence-corrected chi connectivity index (χ4v) is 4.77. The number of furan rings is 1. The number of carbonyl (C=O) groups excluding carboxylic acids is 1. The van der Waals surface area contributed by atoms with Gasteiger partial charge in [-0.2, -0.15) is 0 Å². The quantitative estimate of drug-likeness (QED) is 0.255. The maximum atomic E-state index is 12.5. The number of thiocarbonyl (C=S) groups is 1. The second-order valence-corrected chi connectivity index (χ2v) is 9.49. The maximum Gasteiger partial charge on any atom is 0.293 e. The van der Waals surface area contributed by atoms with E-state index in [0.717, 1.165) is 33.8 Å². The van der Waals surface area contributed by atoms with E-state index in [4.69, 9.17) is 28.2 Å². The number of hydrogen-bond donors (Lipinski definition) is 2. The molecule has 3 aromatic carbocycles. The minimum atomic E-state index is -0.426. The monoisotopic (exact) mass is 503 g/mol. The van der Waals surface area contributed by atoms with E-state index >= 15 is 0 Å². The lowest BCUT2D eigenvalue weighted by molar-refractivity contribution is 0.0951. The molecule has 0 aliphatic heterocycles. The Morgan fingerprint density at radius 2 is 1.74 bits per heavy atom. The molecular formula is C26H18ClN3O2S2. The number of anilines is 1. The summed E-state index contributed by atoms with van der Waals surface area (Å²) >= 11 is 12.9. The summed E-state index contributed by atoms with van der Waals surface area (Å²) in [6.07, 6.45) is 0.759. The molecule has 1 amide bonds. The predicted octanol–water partition coefficient (Wildman–Crippen LogP) is 6.93.